The van der Waals surface area contributed by atoms with Crippen molar-refractivity contribution in [1.29, 1.82) is 0 Å². The van der Waals surface area contributed by atoms with Crippen LogP contribution in [0.2, 0.25) is 5.02 Å². The van der Waals surface area contributed by atoms with Gasteiger partial charge in [-0.3, -0.25) is 24.0 Å². The summed E-state index contributed by atoms with van der Waals surface area (Å²) >= 11 is 6.51. The molecule has 83 heavy (non-hydrogen) atoms. The molecule has 0 aliphatic carbocycles. The third kappa shape index (κ3) is 18.2. The molecule has 5 amide bonds. The maximum Gasteiger partial charge on any atom is 0.247 e. The van der Waals surface area contributed by atoms with Crippen LogP contribution in [0.3, 0.4) is 0 Å². The highest BCUT2D eigenvalue weighted by atomic mass is 35.5. The van der Waals surface area contributed by atoms with Crippen molar-refractivity contribution in [2.24, 2.45) is 29.6 Å². The van der Waals surface area contributed by atoms with E-state index in [9.17, 15) is 39.3 Å². The number of anilines is 1. The van der Waals surface area contributed by atoms with Crippen LogP contribution in [0, 0.1) is 29.6 Å². The van der Waals surface area contributed by atoms with E-state index in [0.29, 0.717) is 22.7 Å². The van der Waals surface area contributed by atoms with Gasteiger partial charge in [-0.15, -0.1) is 0 Å². The van der Waals surface area contributed by atoms with E-state index in [4.69, 9.17) is 35.3 Å². The highest BCUT2D eigenvalue weighted by Gasteiger charge is 2.51. The first kappa shape index (κ1) is 67.1. The maximum atomic E-state index is 14.7. The molecule has 3 aromatic rings. The fourth-order valence-corrected chi connectivity index (χ4v) is 12.3. The van der Waals surface area contributed by atoms with E-state index in [1.807, 2.05) is 96.1 Å². The van der Waals surface area contributed by atoms with E-state index in [-0.39, 0.29) is 93.3 Å². The first-order valence-corrected chi connectivity index (χ1v) is 29.7. The van der Waals surface area contributed by atoms with Gasteiger partial charge in [0.1, 0.15) is 18.2 Å². The number of carbonyl (C=O) groups is 5. The molecular weight excluding hydrogens is 1080 g/mol. The van der Waals surface area contributed by atoms with Gasteiger partial charge in [0, 0.05) is 75.2 Å². The van der Waals surface area contributed by atoms with Crippen LogP contribution in [-0.2, 0) is 66.9 Å². The van der Waals surface area contributed by atoms with Gasteiger partial charge in [-0.1, -0.05) is 107 Å². The molecule has 19 nitrogen and oxygen atoms in total. The molecule has 0 spiro atoms. The number of hydrogen-bond acceptors (Lipinski definition) is 14. The Morgan fingerprint density at radius 3 is 2.19 bits per heavy atom. The summed E-state index contributed by atoms with van der Waals surface area (Å²) < 4.78 is 32.1. The molecule has 0 aromatic heterocycles. The van der Waals surface area contributed by atoms with Crippen molar-refractivity contribution in [3.8, 4) is 0 Å². The number of halogens is 1. The van der Waals surface area contributed by atoms with Gasteiger partial charge in [-0.05, 0) is 108 Å². The van der Waals surface area contributed by atoms with Crippen molar-refractivity contribution in [3.63, 3.8) is 0 Å². The number of carbonyl (C=O) groups excluding carboxylic acids is 5. The molecule has 3 heterocycles. The van der Waals surface area contributed by atoms with E-state index in [2.05, 4.69) is 21.3 Å². The van der Waals surface area contributed by atoms with E-state index in [0.717, 1.165) is 11.1 Å². The molecule has 17 atom stereocenters. The second kappa shape index (κ2) is 29.8. The third-order valence-corrected chi connectivity index (χ3v) is 17.3. The molecule has 3 aliphatic heterocycles. The number of aliphatic hydroxyl groups excluding tert-OH is 2. The average molecular weight is 1180 g/mol. The van der Waals surface area contributed by atoms with Crippen molar-refractivity contribution < 1.29 is 63.0 Å². The Labute approximate surface area is 496 Å². The zero-order valence-electron chi connectivity index (χ0n) is 50.8. The Bertz CT molecular complexity index is 2610. The highest BCUT2D eigenvalue weighted by molar-refractivity contribution is 6.31. The van der Waals surface area contributed by atoms with Gasteiger partial charge >= 0.3 is 0 Å². The predicted molar refractivity (Wildman–Crippen MR) is 317 cm³/mol. The van der Waals surface area contributed by atoms with Crippen LogP contribution < -0.4 is 21.3 Å². The van der Waals surface area contributed by atoms with Crippen LogP contribution in [-0.4, -0.2) is 175 Å². The molecule has 3 aliphatic rings. The van der Waals surface area contributed by atoms with Crippen LogP contribution in [0.5, 0.6) is 0 Å². The molecular formula is C63H93ClN6O13. The number of likely N-dealkylation sites (N-methyl/N-ethyl adjacent to an activating group) is 1. The molecule has 460 valence electrons. The lowest BCUT2D eigenvalue weighted by Crippen LogP contribution is -2.60. The van der Waals surface area contributed by atoms with Gasteiger partial charge in [-0.25, -0.2) is 0 Å². The lowest BCUT2D eigenvalue weighted by Gasteiger charge is -2.49. The summed E-state index contributed by atoms with van der Waals surface area (Å²) in [5.41, 5.74) is -0.0739. The van der Waals surface area contributed by atoms with E-state index in [1.165, 1.54) is 7.11 Å². The summed E-state index contributed by atoms with van der Waals surface area (Å²) in [6.45, 7) is 16.3. The number of ether oxygens (including phenoxy) is 5. The topological polar surface area (TPSA) is 247 Å². The van der Waals surface area contributed by atoms with Gasteiger partial charge in [0.05, 0.1) is 53.9 Å². The van der Waals surface area contributed by atoms with Crippen LogP contribution in [0.15, 0.2) is 78.9 Å². The summed E-state index contributed by atoms with van der Waals surface area (Å²) in [7, 11) is 6.92. The summed E-state index contributed by atoms with van der Waals surface area (Å²) in [6, 6.07) is 21.4. The van der Waals surface area contributed by atoms with Crippen LogP contribution in [0.1, 0.15) is 105 Å². The van der Waals surface area contributed by atoms with Gasteiger partial charge in [0.15, 0.2) is 12.6 Å². The molecule has 3 fully saturated rings. The molecule has 0 unspecified atom stereocenters. The summed E-state index contributed by atoms with van der Waals surface area (Å²) in [5.74, 6) is -5.00. The number of benzene rings is 3. The van der Waals surface area contributed by atoms with E-state index in [1.54, 1.807) is 76.0 Å². The monoisotopic (exact) mass is 1180 g/mol. The Morgan fingerprint density at radius 2 is 1.55 bits per heavy atom. The second-order valence-electron chi connectivity index (χ2n) is 24.7. The standard InChI is InChI=1S/C63H93ClN6O13/c1-36(2)47-34-65-58(75)40(6)55(82-53-33-63(9,79-13)56(74)41(7)81-53)39(5)57(83-61-54(73)50(69(10)11)27-38(4)80-61)62(8,78)32-37(3)35-70(12)52(72)31-46(67-59(47)76)28-43-23-25-45(26-24-43)66-60(77)49(30-44-21-17-18-22-48(44)64)68-51(71)29-42-19-15-14-16-20-42/h14-26,36-41,46-47,49-50,53-57,61,73-74,78H,27-35H2,1-13H3,(H,65,75)(H,66,77)(H,67,76)(H,68,71)/t37-,38-,39+,40-,41+,46-,47-,49+,50+,53+,54-,55+,56+,57-,61+,62-,63-/m1/s1. The minimum absolute atomic E-state index is 0.0705. The van der Waals surface area contributed by atoms with Crippen LogP contribution in [0.4, 0.5) is 5.69 Å². The maximum absolute atomic E-state index is 14.7. The van der Waals surface area contributed by atoms with Gasteiger partial charge in [0.25, 0.3) is 0 Å². The van der Waals surface area contributed by atoms with Crippen molar-refractivity contribution in [3.05, 3.63) is 101 Å². The minimum Gasteiger partial charge on any atom is -0.387 e. The van der Waals surface area contributed by atoms with Crippen LogP contribution in [0.25, 0.3) is 0 Å². The molecule has 0 saturated carbocycles. The molecule has 0 bridgehead atoms. The molecule has 3 aromatic carbocycles. The lowest BCUT2D eigenvalue weighted by atomic mass is 9.77. The normalized spacial score (nSPS) is 33.1. The molecule has 6 rings (SSSR count). The first-order chi connectivity index (χ1) is 39.1. The van der Waals surface area contributed by atoms with E-state index < -0.39 is 96.0 Å². The first-order valence-electron chi connectivity index (χ1n) is 29.3. The van der Waals surface area contributed by atoms with Crippen molar-refractivity contribution >= 4 is 46.8 Å². The summed E-state index contributed by atoms with van der Waals surface area (Å²) in [6.07, 6.45) is -6.46. The number of methoxy groups -OCH3 is 1. The number of amides is 5. The SMILES string of the molecule is CO[C@]1(C)C[C@H](O[C@H]2[C@H](C)[C@@H](O[C@@H]3O[C@H](C)C[C@H](N(C)C)[C@H]3O)[C@](C)(O)C[C@@H](C)CN(C)C(=O)C[C@@H](Cc3ccc(NC(=O)[C@H](Cc4ccccc4Cl)NC(=O)Cc4ccccc4)cc3)NC(=O)[C@@H](C(C)C)CNC(=O)[C@@H]2C)O[C@@H](C)[C@@H]1O. The summed E-state index contributed by atoms with van der Waals surface area (Å²) in [4.78, 5) is 74.5. The molecule has 3 saturated heterocycles. The van der Waals surface area contributed by atoms with Crippen molar-refractivity contribution in [2.75, 3.05) is 46.7 Å². The number of nitrogens with zero attached hydrogens (tertiary/aromatic N) is 2. The van der Waals surface area contributed by atoms with Crippen molar-refractivity contribution in [1.82, 2.24) is 25.8 Å². The third-order valence-electron chi connectivity index (χ3n) is 17.0. The Balaban J connectivity index is 1.28. The smallest absolute Gasteiger partial charge is 0.247 e. The van der Waals surface area contributed by atoms with Gasteiger partial charge in [-0.2, -0.15) is 0 Å². The van der Waals surface area contributed by atoms with E-state index >= 15 is 0 Å². The largest absolute Gasteiger partial charge is 0.387 e. The average Bonchev–Trinajstić information content (AvgIpc) is 3.30. The van der Waals surface area contributed by atoms with Gasteiger partial charge < -0.3 is 70.1 Å². The Kier molecular flexibility index (Phi) is 24.1. The fraction of sp³-hybridized carbons (Fsp3) is 0.635. The molecule has 0 radical (unpaired) electrons. The predicted octanol–water partition coefficient (Wildman–Crippen LogP) is 5.67. The van der Waals surface area contributed by atoms with Gasteiger partial charge in [0.2, 0.25) is 29.5 Å². The Morgan fingerprint density at radius 1 is 0.892 bits per heavy atom. The minimum atomic E-state index is -1.70. The number of nitrogens with one attached hydrogen (secondary N) is 4. The van der Waals surface area contributed by atoms with Crippen molar-refractivity contribution in [2.45, 2.75) is 186 Å². The number of aliphatic hydroxyl groups is 3. The summed E-state index contributed by atoms with van der Waals surface area (Å²) in [5, 5.41) is 48.4. The quantitative estimate of drug-likeness (QED) is 0.0914. The Hall–Kier alpha value is -5.06. The zero-order valence-corrected chi connectivity index (χ0v) is 51.6. The molecule has 20 heteroatoms. The zero-order chi connectivity index (χ0) is 61.1. The second-order valence-corrected chi connectivity index (χ2v) is 25.1. The highest BCUT2D eigenvalue weighted by Crippen LogP contribution is 2.39. The number of hydrogen-bond donors (Lipinski definition) is 7. The molecule has 7 N–H and O–H groups in total. The fourth-order valence-electron chi connectivity index (χ4n) is 12.1. The lowest BCUT2D eigenvalue weighted by molar-refractivity contribution is -0.317. The number of rotatable bonds is 16. The van der Waals surface area contributed by atoms with Crippen LogP contribution >= 0.6 is 11.6 Å².